The van der Waals surface area contributed by atoms with E-state index in [0.29, 0.717) is 11.1 Å². The molecule has 0 aliphatic rings. The lowest BCUT2D eigenvalue weighted by atomic mass is 10.0. The molecular formula is C11H11NO4. The van der Waals surface area contributed by atoms with Crippen molar-refractivity contribution in [3.63, 3.8) is 0 Å². The molecular weight excluding hydrogens is 210 g/mol. The van der Waals surface area contributed by atoms with Gasteiger partial charge in [-0.25, -0.2) is 4.79 Å². The molecule has 1 aromatic rings. The van der Waals surface area contributed by atoms with Crippen LogP contribution in [-0.2, 0) is 4.74 Å². The Morgan fingerprint density at radius 2 is 2.25 bits per heavy atom. The van der Waals surface area contributed by atoms with Gasteiger partial charge in [-0.1, -0.05) is 0 Å². The van der Waals surface area contributed by atoms with Gasteiger partial charge < -0.3 is 14.6 Å². The molecule has 0 radical (unpaired) electrons. The summed E-state index contributed by atoms with van der Waals surface area (Å²) in [5.41, 5.74) is 0.710. The van der Waals surface area contributed by atoms with Crippen molar-refractivity contribution in [2.24, 2.45) is 0 Å². The number of carbonyl (C=O) groups is 1. The Bertz CT molecular complexity index is 448. The molecule has 0 fully saturated rings. The molecule has 5 heteroatoms. The van der Waals surface area contributed by atoms with Crippen molar-refractivity contribution in [2.75, 3.05) is 13.9 Å². The number of rotatable bonds is 4. The molecule has 1 aromatic carbocycles. The first kappa shape index (κ1) is 12.0. The Morgan fingerprint density at radius 1 is 1.56 bits per heavy atom. The van der Waals surface area contributed by atoms with E-state index in [1.54, 1.807) is 6.92 Å². The Morgan fingerprint density at radius 3 is 2.75 bits per heavy atom. The number of carboxylic acid groups (broad SMARTS) is 1. The van der Waals surface area contributed by atoms with Gasteiger partial charge in [0.15, 0.2) is 6.79 Å². The van der Waals surface area contributed by atoms with Crippen LogP contribution in [-0.4, -0.2) is 25.0 Å². The fourth-order valence-corrected chi connectivity index (χ4v) is 1.32. The average molecular weight is 221 g/mol. The maximum atomic E-state index is 11.0. The van der Waals surface area contributed by atoms with E-state index in [1.807, 2.05) is 6.07 Å². The number of methoxy groups -OCH3 is 1. The van der Waals surface area contributed by atoms with E-state index in [2.05, 4.69) is 0 Å². The fraction of sp³-hybridized carbons (Fsp3) is 0.273. The second kappa shape index (κ2) is 5.14. The molecule has 0 heterocycles. The Hall–Kier alpha value is -2.06. The molecule has 0 saturated heterocycles. The first-order valence-corrected chi connectivity index (χ1v) is 4.50. The van der Waals surface area contributed by atoms with Crippen LogP contribution in [0.25, 0.3) is 0 Å². The molecule has 1 N–H and O–H groups in total. The maximum absolute atomic E-state index is 11.0. The summed E-state index contributed by atoms with van der Waals surface area (Å²) in [5, 5.41) is 17.8. The van der Waals surface area contributed by atoms with Gasteiger partial charge in [-0.2, -0.15) is 5.26 Å². The summed E-state index contributed by atoms with van der Waals surface area (Å²) in [6.45, 7) is 1.54. The van der Waals surface area contributed by atoms with Crippen molar-refractivity contribution < 1.29 is 19.4 Å². The first-order valence-electron chi connectivity index (χ1n) is 4.50. The van der Waals surface area contributed by atoms with Crippen LogP contribution >= 0.6 is 0 Å². The number of nitrogens with zero attached hydrogens (tertiary/aromatic N) is 1. The molecule has 0 atom stereocenters. The standard InChI is InChI=1S/C11H11NO4/c1-7-8(5-12)3-4-9(16-6-15-2)10(7)11(13)14/h3-4H,6H2,1-2H3,(H,13,14). The first-order chi connectivity index (χ1) is 7.61. The highest BCUT2D eigenvalue weighted by Crippen LogP contribution is 2.25. The van der Waals surface area contributed by atoms with Crippen molar-refractivity contribution in [3.8, 4) is 11.8 Å². The van der Waals surface area contributed by atoms with E-state index < -0.39 is 5.97 Å². The number of hydrogen-bond donors (Lipinski definition) is 1. The molecule has 0 bridgehead atoms. The summed E-state index contributed by atoms with van der Waals surface area (Å²) in [6, 6.07) is 4.90. The molecule has 5 nitrogen and oxygen atoms in total. The summed E-state index contributed by atoms with van der Waals surface area (Å²) in [7, 11) is 1.44. The van der Waals surface area contributed by atoms with Crippen LogP contribution in [0.15, 0.2) is 12.1 Å². The topological polar surface area (TPSA) is 79.5 Å². The molecule has 0 saturated carbocycles. The van der Waals surface area contributed by atoms with Gasteiger partial charge in [-0.15, -0.1) is 0 Å². The second-order valence-corrected chi connectivity index (χ2v) is 3.08. The van der Waals surface area contributed by atoms with Crippen LogP contribution < -0.4 is 4.74 Å². The number of aromatic carboxylic acids is 1. The molecule has 0 spiro atoms. The SMILES string of the molecule is COCOc1ccc(C#N)c(C)c1C(=O)O. The number of benzene rings is 1. The minimum Gasteiger partial charge on any atom is -0.478 e. The zero-order chi connectivity index (χ0) is 12.1. The van der Waals surface area contributed by atoms with E-state index in [0.717, 1.165) is 0 Å². The fourth-order valence-electron chi connectivity index (χ4n) is 1.32. The Labute approximate surface area is 92.8 Å². The third-order valence-corrected chi connectivity index (χ3v) is 2.09. The zero-order valence-electron chi connectivity index (χ0n) is 8.98. The van der Waals surface area contributed by atoms with Crippen LogP contribution in [0, 0.1) is 18.3 Å². The minimum atomic E-state index is -1.12. The molecule has 0 aromatic heterocycles. The average Bonchev–Trinajstić information content (AvgIpc) is 2.25. The van der Waals surface area contributed by atoms with E-state index in [1.165, 1.54) is 19.2 Å². The van der Waals surface area contributed by atoms with Gasteiger partial charge in [-0.05, 0) is 24.6 Å². The summed E-state index contributed by atoms with van der Waals surface area (Å²) >= 11 is 0. The van der Waals surface area contributed by atoms with Crippen LogP contribution in [0.2, 0.25) is 0 Å². The lowest BCUT2D eigenvalue weighted by Gasteiger charge is -2.10. The van der Waals surface area contributed by atoms with Crippen molar-refractivity contribution in [3.05, 3.63) is 28.8 Å². The largest absolute Gasteiger partial charge is 0.478 e. The van der Waals surface area contributed by atoms with Crippen LogP contribution in [0.4, 0.5) is 0 Å². The normalized spacial score (nSPS) is 9.56. The number of hydrogen-bond acceptors (Lipinski definition) is 4. The number of ether oxygens (including phenoxy) is 2. The van der Waals surface area contributed by atoms with Crippen LogP contribution in [0.1, 0.15) is 21.5 Å². The summed E-state index contributed by atoms with van der Waals surface area (Å²) in [4.78, 5) is 11.0. The lowest BCUT2D eigenvalue weighted by molar-refractivity contribution is 0.0483. The van der Waals surface area contributed by atoms with Crippen molar-refractivity contribution >= 4 is 5.97 Å². The molecule has 1 rings (SSSR count). The van der Waals surface area contributed by atoms with E-state index in [9.17, 15) is 4.79 Å². The van der Waals surface area contributed by atoms with Gasteiger partial charge in [0.25, 0.3) is 0 Å². The summed E-state index contributed by atoms with van der Waals surface area (Å²) in [5.74, 6) is -0.924. The van der Waals surface area contributed by atoms with Crippen molar-refractivity contribution in [1.29, 1.82) is 5.26 Å². The number of nitriles is 1. The third kappa shape index (κ3) is 2.30. The van der Waals surface area contributed by atoms with Gasteiger partial charge in [0.1, 0.15) is 11.3 Å². The van der Waals surface area contributed by atoms with Gasteiger partial charge in [0, 0.05) is 7.11 Å². The molecule has 0 amide bonds. The van der Waals surface area contributed by atoms with Crippen molar-refractivity contribution in [1.82, 2.24) is 0 Å². The molecule has 0 unspecified atom stereocenters. The zero-order valence-corrected chi connectivity index (χ0v) is 8.98. The molecule has 0 aliphatic heterocycles. The van der Waals surface area contributed by atoms with E-state index in [-0.39, 0.29) is 18.1 Å². The third-order valence-electron chi connectivity index (χ3n) is 2.09. The maximum Gasteiger partial charge on any atom is 0.339 e. The van der Waals surface area contributed by atoms with Crippen molar-refractivity contribution in [2.45, 2.75) is 6.92 Å². The second-order valence-electron chi connectivity index (χ2n) is 3.08. The molecule has 84 valence electrons. The molecule has 0 aliphatic carbocycles. The summed E-state index contributed by atoms with van der Waals surface area (Å²) in [6.07, 6.45) is 0. The van der Waals surface area contributed by atoms with Gasteiger partial charge >= 0.3 is 5.97 Å². The highest BCUT2D eigenvalue weighted by atomic mass is 16.7. The van der Waals surface area contributed by atoms with E-state index >= 15 is 0 Å². The number of carboxylic acids is 1. The van der Waals surface area contributed by atoms with Gasteiger partial charge in [-0.3, -0.25) is 0 Å². The highest BCUT2D eigenvalue weighted by Gasteiger charge is 2.17. The Balaban J connectivity index is 3.25. The summed E-state index contributed by atoms with van der Waals surface area (Å²) < 4.78 is 9.81. The minimum absolute atomic E-state index is 0.00361. The molecule has 16 heavy (non-hydrogen) atoms. The van der Waals surface area contributed by atoms with Crippen LogP contribution in [0.5, 0.6) is 5.75 Å². The highest BCUT2D eigenvalue weighted by molar-refractivity contribution is 5.93. The monoisotopic (exact) mass is 221 g/mol. The van der Waals surface area contributed by atoms with Crippen LogP contribution in [0.3, 0.4) is 0 Å². The van der Waals surface area contributed by atoms with Gasteiger partial charge in [0.05, 0.1) is 11.6 Å². The predicted molar refractivity (Wildman–Crippen MR) is 55.4 cm³/mol. The predicted octanol–water partition coefficient (Wildman–Crippen LogP) is 1.55. The smallest absolute Gasteiger partial charge is 0.339 e. The Kier molecular flexibility index (Phi) is 3.86. The lowest BCUT2D eigenvalue weighted by Crippen LogP contribution is -2.08. The van der Waals surface area contributed by atoms with E-state index in [4.69, 9.17) is 19.8 Å². The van der Waals surface area contributed by atoms with Gasteiger partial charge in [0.2, 0.25) is 0 Å². The quantitative estimate of drug-likeness (QED) is 0.780.